The van der Waals surface area contributed by atoms with E-state index in [9.17, 15) is 16.8 Å². The molecule has 0 spiro atoms. The summed E-state index contributed by atoms with van der Waals surface area (Å²) in [6.45, 7) is 0. The van der Waals surface area contributed by atoms with Crippen LogP contribution in [0.15, 0.2) is 104 Å². The molecule has 0 radical (unpaired) electrons. The van der Waals surface area contributed by atoms with Crippen molar-refractivity contribution in [2.45, 2.75) is 9.79 Å². The van der Waals surface area contributed by atoms with Gasteiger partial charge in [-0.05, 0) is 48.5 Å². The molecule has 45 heavy (non-hydrogen) atoms. The summed E-state index contributed by atoms with van der Waals surface area (Å²) in [5.41, 5.74) is 6.49. The van der Waals surface area contributed by atoms with Crippen molar-refractivity contribution >= 4 is 86.5 Å². The van der Waals surface area contributed by atoms with Crippen LogP contribution >= 0.6 is 33.9 Å². The van der Waals surface area contributed by atoms with Crippen LogP contribution in [0.25, 0.3) is 21.9 Å². The summed E-state index contributed by atoms with van der Waals surface area (Å²) in [6.07, 6.45) is 0. The van der Waals surface area contributed by atoms with E-state index in [0.29, 0.717) is 32.4 Å². The van der Waals surface area contributed by atoms with Crippen LogP contribution in [-0.4, -0.2) is 41.4 Å². The third-order valence-corrected chi connectivity index (χ3v) is 9.03. The Morgan fingerprint density at radius 1 is 0.711 bits per heavy atom. The van der Waals surface area contributed by atoms with Crippen molar-refractivity contribution in [3.63, 3.8) is 0 Å². The summed E-state index contributed by atoms with van der Waals surface area (Å²) in [4.78, 5) is 0.0109. The van der Waals surface area contributed by atoms with Gasteiger partial charge in [0.25, 0.3) is 19.1 Å². The Hall–Kier alpha value is -4.21. The third-order valence-electron chi connectivity index (χ3n) is 5.82. The lowest BCUT2D eigenvalue weighted by atomic mass is 10.2. The van der Waals surface area contributed by atoms with Crippen LogP contribution in [0.5, 0.6) is 11.5 Å². The molecule has 0 unspecified atom stereocenters. The maximum Gasteiger partial charge on any atom is 0.266 e. The zero-order valence-electron chi connectivity index (χ0n) is 23.3. The standard InChI is InChI=1S/C14H11ClN2O4S.C7H5ClN2O.C7H7ClO3S/c1-20-11-4-2-3-5-13(11)22(18,19)17-14-10-7-6-9(15)8-12(10)21-16-14;8-4-1-2-5-6(3-4)11-10-7(5)9;1-11-6-4-2-3-5-7(6)12(8,9)10/h2-8H,1H3,(H,16,17);1-3H,(H2,9,10);2-5H,1H3. The number of para-hydroxylation sites is 2. The average Bonchev–Trinajstić information content (AvgIpc) is 3.58. The van der Waals surface area contributed by atoms with Crippen molar-refractivity contribution in [2.24, 2.45) is 0 Å². The van der Waals surface area contributed by atoms with E-state index in [1.807, 2.05) is 0 Å². The van der Waals surface area contributed by atoms with Gasteiger partial charge in [-0.25, -0.2) is 16.8 Å². The average molecular weight is 714 g/mol. The van der Waals surface area contributed by atoms with Crippen molar-refractivity contribution < 1.29 is 35.4 Å². The predicted molar refractivity (Wildman–Crippen MR) is 172 cm³/mol. The minimum Gasteiger partial charge on any atom is -0.495 e. The Morgan fingerprint density at radius 3 is 1.76 bits per heavy atom. The van der Waals surface area contributed by atoms with Crippen LogP contribution < -0.4 is 19.9 Å². The normalized spacial score (nSPS) is 11.2. The van der Waals surface area contributed by atoms with Gasteiger partial charge in [-0.3, -0.25) is 4.72 Å². The van der Waals surface area contributed by atoms with E-state index < -0.39 is 19.1 Å². The highest BCUT2D eigenvalue weighted by Crippen LogP contribution is 2.30. The number of aromatic nitrogens is 2. The van der Waals surface area contributed by atoms with Crippen LogP contribution in [0.1, 0.15) is 0 Å². The van der Waals surface area contributed by atoms with Gasteiger partial charge >= 0.3 is 0 Å². The zero-order valence-corrected chi connectivity index (χ0v) is 27.2. The summed E-state index contributed by atoms with van der Waals surface area (Å²) in [5.74, 6) is 0.993. The van der Waals surface area contributed by atoms with Gasteiger partial charge in [-0.2, -0.15) is 0 Å². The molecule has 0 saturated heterocycles. The fourth-order valence-electron chi connectivity index (χ4n) is 3.76. The second kappa shape index (κ2) is 14.3. The van der Waals surface area contributed by atoms with Crippen molar-refractivity contribution in [1.82, 2.24) is 10.3 Å². The lowest BCUT2D eigenvalue weighted by Crippen LogP contribution is -2.14. The van der Waals surface area contributed by atoms with Crippen molar-refractivity contribution in [2.75, 3.05) is 24.7 Å². The Morgan fingerprint density at radius 2 is 1.20 bits per heavy atom. The van der Waals surface area contributed by atoms with E-state index in [1.165, 1.54) is 32.4 Å². The lowest BCUT2D eigenvalue weighted by molar-refractivity contribution is 0.403. The molecule has 0 saturated carbocycles. The molecule has 0 aliphatic rings. The molecule has 4 aromatic carbocycles. The molecular formula is C28H23Cl3N4O8S2. The number of hydrogen-bond acceptors (Lipinski definition) is 11. The molecule has 0 bridgehead atoms. The van der Waals surface area contributed by atoms with Gasteiger partial charge in [0.2, 0.25) is 0 Å². The highest BCUT2D eigenvalue weighted by atomic mass is 35.7. The van der Waals surface area contributed by atoms with Gasteiger partial charge in [-0.15, -0.1) is 0 Å². The van der Waals surface area contributed by atoms with Crippen LogP contribution in [0, 0.1) is 0 Å². The Labute approximate surface area is 272 Å². The highest BCUT2D eigenvalue weighted by Gasteiger charge is 2.22. The summed E-state index contributed by atoms with van der Waals surface area (Å²) < 4.78 is 69.0. The van der Waals surface area contributed by atoms with Gasteiger partial charge in [0.15, 0.2) is 22.8 Å². The first-order valence-electron chi connectivity index (χ1n) is 12.4. The number of benzene rings is 4. The zero-order chi connectivity index (χ0) is 32.8. The molecule has 17 heteroatoms. The number of nitrogens with one attached hydrogen (secondary N) is 1. The van der Waals surface area contributed by atoms with E-state index in [2.05, 4.69) is 15.0 Å². The van der Waals surface area contributed by atoms with Crippen LogP contribution in [-0.2, 0) is 19.1 Å². The fraction of sp³-hybridized carbons (Fsp3) is 0.0714. The van der Waals surface area contributed by atoms with E-state index in [1.54, 1.807) is 66.7 Å². The first-order chi connectivity index (χ1) is 21.3. The SMILES string of the molecule is COc1ccccc1S(=O)(=O)Cl.COc1ccccc1S(=O)(=O)Nc1noc2cc(Cl)ccc12.Nc1noc2cc(Cl)ccc12. The summed E-state index contributed by atoms with van der Waals surface area (Å²) in [5, 5.41) is 9.73. The maximum absolute atomic E-state index is 12.5. The molecule has 6 rings (SSSR count). The lowest BCUT2D eigenvalue weighted by Gasteiger charge is -2.09. The Kier molecular flexibility index (Phi) is 10.7. The van der Waals surface area contributed by atoms with Gasteiger partial charge < -0.3 is 24.3 Å². The predicted octanol–water partition coefficient (Wildman–Crippen LogP) is 6.98. The highest BCUT2D eigenvalue weighted by molar-refractivity contribution is 8.13. The van der Waals surface area contributed by atoms with Crippen LogP contribution in [0.4, 0.5) is 11.6 Å². The van der Waals surface area contributed by atoms with Crippen LogP contribution in [0.2, 0.25) is 10.0 Å². The number of sulfonamides is 1. The number of hydrogen-bond donors (Lipinski definition) is 2. The molecule has 2 aromatic heterocycles. The molecule has 2 heterocycles. The molecule has 236 valence electrons. The largest absolute Gasteiger partial charge is 0.495 e. The monoisotopic (exact) mass is 712 g/mol. The molecule has 0 amide bonds. The number of anilines is 2. The summed E-state index contributed by atoms with van der Waals surface area (Å²) in [6, 6.07) is 22.5. The topological polar surface area (TPSA) is 177 Å². The number of methoxy groups -OCH3 is 2. The first-order valence-corrected chi connectivity index (χ1v) is 17.0. The number of ether oxygens (including phenoxy) is 2. The maximum atomic E-state index is 12.5. The van der Waals surface area contributed by atoms with Crippen molar-refractivity contribution in [3.8, 4) is 11.5 Å². The third kappa shape index (κ3) is 8.29. The smallest absolute Gasteiger partial charge is 0.266 e. The van der Waals surface area contributed by atoms with Crippen molar-refractivity contribution in [3.05, 3.63) is 95.0 Å². The number of halogens is 3. The van der Waals surface area contributed by atoms with Gasteiger partial charge in [-0.1, -0.05) is 57.8 Å². The number of rotatable bonds is 6. The minimum absolute atomic E-state index is 0.00540. The van der Waals surface area contributed by atoms with E-state index in [4.69, 9.17) is 58.1 Å². The second-order valence-electron chi connectivity index (χ2n) is 8.73. The molecule has 0 fully saturated rings. The fourth-order valence-corrected chi connectivity index (χ4v) is 6.28. The first kappa shape index (κ1) is 33.7. The summed E-state index contributed by atoms with van der Waals surface area (Å²) >= 11 is 11.6. The second-order valence-corrected chi connectivity index (χ2v) is 13.8. The quantitative estimate of drug-likeness (QED) is 0.170. The number of nitrogens with two attached hydrogens (primary N) is 1. The van der Waals surface area contributed by atoms with Gasteiger partial charge in [0.1, 0.15) is 21.3 Å². The van der Waals surface area contributed by atoms with E-state index in [-0.39, 0.29) is 27.1 Å². The number of fused-ring (bicyclic) bond motifs is 2. The van der Waals surface area contributed by atoms with E-state index in [0.717, 1.165) is 5.39 Å². The van der Waals surface area contributed by atoms with Gasteiger partial charge in [0, 0.05) is 32.9 Å². The van der Waals surface area contributed by atoms with E-state index >= 15 is 0 Å². The Bertz CT molecular complexity index is 2170. The van der Waals surface area contributed by atoms with Crippen molar-refractivity contribution in [1.29, 1.82) is 0 Å². The summed E-state index contributed by atoms with van der Waals surface area (Å²) in [7, 11) is 0.373. The number of nitrogens with zero attached hydrogens (tertiary/aromatic N) is 2. The molecule has 0 aliphatic heterocycles. The molecule has 0 aliphatic carbocycles. The molecular weight excluding hydrogens is 691 g/mol. The molecule has 0 atom stereocenters. The van der Waals surface area contributed by atoms with Gasteiger partial charge in [0.05, 0.1) is 25.0 Å². The molecule has 3 N–H and O–H groups in total. The Balaban J connectivity index is 0.000000169. The minimum atomic E-state index is -3.86. The number of nitrogen functional groups attached to an aromatic ring is 1. The van der Waals surface area contributed by atoms with Crippen LogP contribution in [0.3, 0.4) is 0 Å². The molecule has 12 nitrogen and oxygen atoms in total. The molecule has 6 aromatic rings.